The van der Waals surface area contributed by atoms with Gasteiger partial charge in [-0.05, 0) is 87.7 Å². The number of benzene rings is 6. The van der Waals surface area contributed by atoms with E-state index in [9.17, 15) is 5.26 Å². The number of fused-ring (bicyclic) bond motifs is 6. The highest BCUT2D eigenvalue weighted by Crippen LogP contribution is 2.46. The SMILES string of the molecule is [C-]#[N+]c1c(-n2c3ccccc3c3cc(C(C)(C)C)ccc32)ccc(-c2cccc(C#N)c2)c1-n1c2ccccc2c2cc(C(C)(C)C)ccc21. The van der Waals surface area contributed by atoms with Gasteiger partial charge in [-0.25, -0.2) is 4.85 Å². The number of hydrogen-bond donors (Lipinski definition) is 0. The van der Waals surface area contributed by atoms with Gasteiger partial charge in [0.2, 0.25) is 5.69 Å². The van der Waals surface area contributed by atoms with Gasteiger partial charge >= 0.3 is 0 Å². The molecule has 4 heteroatoms. The Bertz CT molecular complexity index is 2740. The second kappa shape index (κ2) is 11.2. The van der Waals surface area contributed by atoms with Crippen LogP contribution in [0.5, 0.6) is 0 Å². The third kappa shape index (κ3) is 4.80. The molecule has 0 amide bonds. The van der Waals surface area contributed by atoms with E-state index in [1.165, 1.54) is 16.5 Å². The van der Waals surface area contributed by atoms with Crippen LogP contribution < -0.4 is 0 Å². The van der Waals surface area contributed by atoms with Crippen molar-refractivity contribution in [1.82, 2.24) is 9.13 Å². The fraction of sp³-hybridized carbons (Fsp3) is 0.174. The van der Waals surface area contributed by atoms with Crippen molar-refractivity contribution in [1.29, 1.82) is 5.26 Å². The van der Waals surface area contributed by atoms with Crippen molar-refractivity contribution in [2.45, 2.75) is 52.4 Å². The molecule has 2 heterocycles. The van der Waals surface area contributed by atoms with E-state index in [1.807, 2.05) is 24.3 Å². The van der Waals surface area contributed by atoms with Crippen molar-refractivity contribution < 1.29 is 0 Å². The minimum atomic E-state index is -0.0226. The number of nitrogens with zero attached hydrogens (tertiary/aromatic N) is 4. The molecule has 0 radical (unpaired) electrons. The van der Waals surface area contributed by atoms with Gasteiger partial charge < -0.3 is 9.13 Å². The van der Waals surface area contributed by atoms with Crippen LogP contribution in [0.25, 0.3) is 71.0 Å². The standard InChI is InChI=1S/C46H38N4/c1-45(2,3)31-19-22-40-36(26-31)34-15-8-10-17-38(34)49(40)42-24-21-33(30-14-12-13-29(25-30)28-47)44(43(42)48-7)50-39-18-11-9-16-35(39)37-27-32(46(4,5)6)20-23-41(37)50/h8-27H,1-6H3. The minimum Gasteiger partial charge on any atom is -0.319 e. The van der Waals surface area contributed by atoms with Gasteiger partial charge in [-0.2, -0.15) is 5.26 Å². The Hall–Kier alpha value is -6.10. The second-order valence-electron chi connectivity index (χ2n) is 15.3. The number of aromatic nitrogens is 2. The molecule has 0 unspecified atom stereocenters. The van der Waals surface area contributed by atoms with E-state index < -0.39 is 0 Å². The zero-order valence-electron chi connectivity index (χ0n) is 29.3. The molecule has 242 valence electrons. The van der Waals surface area contributed by atoms with Crippen molar-refractivity contribution >= 4 is 49.3 Å². The van der Waals surface area contributed by atoms with Crippen molar-refractivity contribution in [3.8, 4) is 28.6 Å². The zero-order valence-corrected chi connectivity index (χ0v) is 29.3. The Balaban J connectivity index is 1.54. The lowest BCUT2D eigenvalue weighted by Gasteiger charge is -2.21. The maximum absolute atomic E-state index is 9.87. The van der Waals surface area contributed by atoms with E-state index in [2.05, 4.69) is 159 Å². The first kappa shape index (κ1) is 31.2. The summed E-state index contributed by atoms with van der Waals surface area (Å²) in [6.45, 7) is 22.3. The van der Waals surface area contributed by atoms with Gasteiger partial charge in [0.1, 0.15) is 0 Å². The summed E-state index contributed by atoms with van der Waals surface area (Å²) < 4.78 is 4.53. The van der Waals surface area contributed by atoms with Gasteiger partial charge in [-0.1, -0.05) is 108 Å². The Kier molecular flexibility index (Phi) is 7.00. The zero-order chi connectivity index (χ0) is 34.9. The number of para-hydroxylation sites is 2. The van der Waals surface area contributed by atoms with Crippen molar-refractivity contribution in [2.24, 2.45) is 0 Å². The molecule has 0 bridgehead atoms. The summed E-state index contributed by atoms with van der Waals surface area (Å²) >= 11 is 0. The van der Waals surface area contributed by atoms with Crippen LogP contribution in [0, 0.1) is 17.9 Å². The molecule has 8 rings (SSSR count). The highest BCUT2D eigenvalue weighted by Gasteiger charge is 2.26. The van der Waals surface area contributed by atoms with Crippen LogP contribution >= 0.6 is 0 Å². The molecule has 0 aliphatic rings. The molecule has 0 saturated carbocycles. The highest BCUT2D eigenvalue weighted by atomic mass is 15.1. The van der Waals surface area contributed by atoms with Gasteiger partial charge in [0.15, 0.2) is 0 Å². The summed E-state index contributed by atoms with van der Waals surface area (Å²) in [5.41, 5.74) is 11.2. The van der Waals surface area contributed by atoms with Gasteiger partial charge in [-0.3, -0.25) is 0 Å². The Morgan fingerprint density at radius 1 is 0.560 bits per heavy atom. The van der Waals surface area contributed by atoms with Crippen LogP contribution in [0.3, 0.4) is 0 Å². The van der Waals surface area contributed by atoms with Crippen LogP contribution in [0.15, 0.2) is 121 Å². The maximum Gasteiger partial charge on any atom is 0.234 e. The van der Waals surface area contributed by atoms with Gasteiger partial charge in [0.25, 0.3) is 0 Å². The summed E-state index contributed by atoms with van der Waals surface area (Å²) in [5.74, 6) is 0. The van der Waals surface area contributed by atoms with E-state index in [0.29, 0.717) is 11.3 Å². The van der Waals surface area contributed by atoms with Crippen LogP contribution in [0.4, 0.5) is 5.69 Å². The molecule has 0 fully saturated rings. The molecule has 0 aliphatic carbocycles. The van der Waals surface area contributed by atoms with Crippen LogP contribution in [0.1, 0.15) is 58.2 Å². The number of hydrogen-bond acceptors (Lipinski definition) is 1. The Morgan fingerprint density at radius 2 is 1.10 bits per heavy atom. The summed E-state index contributed by atoms with van der Waals surface area (Å²) in [5, 5.41) is 14.5. The third-order valence-electron chi connectivity index (χ3n) is 10.1. The van der Waals surface area contributed by atoms with E-state index in [4.69, 9.17) is 6.57 Å². The smallest absolute Gasteiger partial charge is 0.234 e. The van der Waals surface area contributed by atoms with E-state index in [0.717, 1.165) is 60.7 Å². The molecule has 0 atom stereocenters. The van der Waals surface area contributed by atoms with Gasteiger partial charge in [-0.15, -0.1) is 0 Å². The summed E-state index contributed by atoms with van der Waals surface area (Å²) in [4.78, 5) is 4.40. The molecular weight excluding hydrogens is 609 g/mol. The van der Waals surface area contributed by atoms with Gasteiger partial charge in [0.05, 0.1) is 51.6 Å². The van der Waals surface area contributed by atoms with Crippen LogP contribution in [0.2, 0.25) is 0 Å². The summed E-state index contributed by atoms with van der Waals surface area (Å²) in [6.07, 6.45) is 0. The van der Waals surface area contributed by atoms with Gasteiger partial charge in [0, 0.05) is 21.5 Å². The molecular formula is C46H38N4. The molecule has 8 aromatic rings. The van der Waals surface area contributed by atoms with E-state index >= 15 is 0 Å². The highest BCUT2D eigenvalue weighted by molar-refractivity contribution is 6.13. The molecule has 50 heavy (non-hydrogen) atoms. The third-order valence-corrected chi connectivity index (χ3v) is 10.1. The van der Waals surface area contributed by atoms with E-state index in [-0.39, 0.29) is 10.8 Å². The predicted octanol–water partition coefficient (Wildman–Crippen LogP) is 12.6. The quantitative estimate of drug-likeness (QED) is 0.176. The average molecular weight is 647 g/mol. The Labute approximate surface area is 293 Å². The monoisotopic (exact) mass is 646 g/mol. The lowest BCUT2D eigenvalue weighted by atomic mass is 9.86. The van der Waals surface area contributed by atoms with Crippen LogP contribution in [-0.2, 0) is 10.8 Å². The molecule has 0 aliphatic heterocycles. The van der Waals surface area contributed by atoms with Crippen molar-refractivity contribution in [3.05, 3.63) is 149 Å². The molecule has 2 aromatic heterocycles. The molecule has 0 spiro atoms. The van der Waals surface area contributed by atoms with Crippen molar-refractivity contribution in [3.63, 3.8) is 0 Å². The lowest BCUT2D eigenvalue weighted by Crippen LogP contribution is -2.10. The predicted molar refractivity (Wildman–Crippen MR) is 209 cm³/mol. The molecule has 0 N–H and O–H groups in total. The largest absolute Gasteiger partial charge is 0.319 e. The average Bonchev–Trinajstić information content (AvgIpc) is 3.62. The summed E-state index contributed by atoms with van der Waals surface area (Å²) in [7, 11) is 0. The first-order chi connectivity index (χ1) is 24.0. The molecule has 6 aromatic carbocycles. The van der Waals surface area contributed by atoms with Crippen LogP contribution in [-0.4, -0.2) is 9.13 Å². The van der Waals surface area contributed by atoms with Crippen molar-refractivity contribution in [2.75, 3.05) is 0 Å². The normalized spacial score (nSPS) is 12.2. The maximum atomic E-state index is 9.87. The fourth-order valence-corrected chi connectivity index (χ4v) is 7.45. The second-order valence-corrected chi connectivity index (χ2v) is 15.3. The minimum absolute atomic E-state index is 0.00472. The summed E-state index contributed by atoms with van der Waals surface area (Å²) in [6, 6.07) is 44.7. The van der Waals surface area contributed by atoms with E-state index in [1.54, 1.807) is 0 Å². The number of nitriles is 1. The fourth-order valence-electron chi connectivity index (χ4n) is 7.45. The lowest BCUT2D eigenvalue weighted by molar-refractivity contribution is 0.591. The first-order valence-corrected chi connectivity index (χ1v) is 17.1. The molecule has 0 saturated heterocycles. The first-order valence-electron chi connectivity index (χ1n) is 17.1. The Morgan fingerprint density at radius 3 is 1.66 bits per heavy atom. The number of rotatable bonds is 3. The molecule has 4 nitrogen and oxygen atoms in total. The topological polar surface area (TPSA) is 38.0 Å².